The number of ether oxygens (including phenoxy) is 2. The van der Waals surface area contributed by atoms with Crippen LogP contribution in [0, 0.1) is 0 Å². The number of amides is 2. The standard InChI is InChI=1S/C15H20N2O4/c1-10-15(19)17(9-14(18)16-10)7-6-11-4-5-12(20-2)13(8-11)21-3/h4-5,8,10H,6-7,9H2,1-3H3,(H,16,18)/t10-/m0/s1. The summed E-state index contributed by atoms with van der Waals surface area (Å²) in [5.74, 6) is 1.17. The average Bonchev–Trinajstić information content (AvgIpc) is 2.49. The highest BCUT2D eigenvalue weighted by molar-refractivity contribution is 5.94. The van der Waals surface area contributed by atoms with Gasteiger partial charge in [0.25, 0.3) is 0 Å². The Labute approximate surface area is 124 Å². The first-order chi connectivity index (χ1) is 10.0. The summed E-state index contributed by atoms with van der Waals surface area (Å²) in [6.45, 7) is 2.32. The summed E-state index contributed by atoms with van der Waals surface area (Å²) in [5, 5.41) is 2.62. The van der Waals surface area contributed by atoms with E-state index in [0.29, 0.717) is 24.5 Å². The van der Waals surface area contributed by atoms with Crippen LogP contribution in [-0.4, -0.2) is 50.1 Å². The third kappa shape index (κ3) is 3.45. The molecule has 1 aromatic carbocycles. The summed E-state index contributed by atoms with van der Waals surface area (Å²) in [6.07, 6.45) is 0.659. The molecule has 1 aliphatic heterocycles. The molecule has 6 heteroatoms. The number of nitrogens with one attached hydrogen (secondary N) is 1. The molecule has 0 unspecified atom stereocenters. The van der Waals surface area contributed by atoms with Crippen LogP contribution in [0.5, 0.6) is 11.5 Å². The Hall–Kier alpha value is -2.24. The van der Waals surface area contributed by atoms with Crippen molar-refractivity contribution in [2.24, 2.45) is 0 Å². The fourth-order valence-electron chi connectivity index (χ4n) is 2.36. The number of methoxy groups -OCH3 is 2. The summed E-state index contributed by atoms with van der Waals surface area (Å²) in [5.41, 5.74) is 1.03. The van der Waals surface area contributed by atoms with Crippen molar-refractivity contribution >= 4 is 11.8 Å². The molecule has 0 spiro atoms. The molecule has 1 fully saturated rings. The highest BCUT2D eigenvalue weighted by Gasteiger charge is 2.28. The van der Waals surface area contributed by atoms with Crippen molar-refractivity contribution in [2.75, 3.05) is 27.3 Å². The molecule has 0 aliphatic carbocycles. The lowest BCUT2D eigenvalue weighted by molar-refractivity contribution is -0.143. The molecule has 1 saturated heterocycles. The van der Waals surface area contributed by atoms with Gasteiger partial charge in [0.05, 0.1) is 20.8 Å². The second-order valence-corrected chi connectivity index (χ2v) is 4.99. The maximum absolute atomic E-state index is 12.0. The minimum Gasteiger partial charge on any atom is -0.493 e. The van der Waals surface area contributed by atoms with Crippen LogP contribution in [0.15, 0.2) is 18.2 Å². The second-order valence-electron chi connectivity index (χ2n) is 4.99. The zero-order valence-corrected chi connectivity index (χ0v) is 12.5. The van der Waals surface area contributed by atoms with Crippen molar-refractivity contribution in [1.29, 1.82) is 0 Å². The van der Waals surface area contributed by atoms with Gasteiger partial charge in [-0.1, -0.05) is 6.07 Å². The van der Waals surface area contributed by atoms with E-state index >= 15 is 0 Å². The van der Waals surface area contributed by atoms with Crippen molar-refractivity contribution in [3.05, 3.63) is 23.8 Å². The number of carbonyl (C=O) groups excluding carboxylic acids is 2. The van der Waals surface area contributed by atoms with E-state index in [0.717, 1.165) is 5.56 Å². The smallest absolute Gasteiger partial charge is 0.245 e. The fraction of sp³-hybridized carbons (Fsp3) is 0.467. The monoisotopic (exact) mass is 292 g/mol. The molecule has 1 aromatic rings. The molecular weight excluding hydrogens is 272 g/mol. The minimum absolute atomic E-state index is 0.0462. The van der Waals surface area contributed by atoms with Gasteiger partial charge in [-0.2, -0.15) is 0 Å². The molecule has 6 nitrogen and oxygen atoms in total. The maximum Gasteiger partial charge on any atom is 0.245 e. The molecule has 0 saturated carbocycles. The van der Waals surface area contributed by atoms with Crippen LogP contribution in [0.4, 0.5) is 0 Å². The van der Waals surface area contributed by atoms with E-state index in [1.165, 1.54) is 0 Å². The molecule has 1 N–H and O–H groups in total. The van der Waals surface area contributed by atoms with Crippen LogP contribution in [0.2, 0.25) is 0 Å². The lowest BCUT2D eigenvalue weighted by Gasteiger charge is -2.30. The Morgan fingerprint density at radius 3 is 2.62 bits per heavy atom. The molecule has 1 heterocycles. The number of nitrogens with zero attached hydrogens (tertiary/aromatic N) is 1. The summed E-state index contributed by atoms with van der Waals surface area (Å²) in [6, 6.07) is 5.20. The number of benzene rings is 1. The van der Waals surface area contributed by atoms with Gasteiger partial charge >= 0.3 is 0 Å². The van der Waals surface area contributed by atoms with Gasteiger partial charge in [-0.25, -0.2) is 0 Å². The largest absolute Gasteiger partial charge is 0.493 e. The normalized spacial score (nSPS) is 18.4. The van der Waals surface area contributed by atoms with E-state index < -0.39 is 6.04 Å². The lowest BCUT2D eigenvalue weighted by atomic mass is 10.1. The molecule has 2 rings (SSSR count). The quantitative estimate of drug-likeness (QED) is 0.862. The highest BCUT2D eigenvalue weighted by atomic mass is 16.5. The first-order valence-corrected chi connectivity index (χ1v) is 6.84. The molecule has 0 bridgehead atoms. The van der Waals surface area contributed by atoms with Gasteiger partial charge in [0.15, 0.2) is 11.5 Å². The Bertz CT molecular complexity index is 544. The average molecular weight is 292 g/mol. The number of rotatable bonds is 5. The molecule has 0 radical (unpaired) electrons. The maximum atomic E-state index is 12.0. The van der Waals surface area contributed by atoms with Crippen molar-refractivity contribution in [3.63, 3.8) is 0 Å². The SMILES string of the molecule is COc1ccc(CCN2CC(=O)N[C@@H](C)C2=O)cc1OC. The fourth-order valence-corrected chi connectivity index (χ4v) is 2.36. The molecular formula is C15H20N2O4. The zero-order valence-electron chi connectivity index (χ0n) is 12.5. The van der Waals surface area contributed by atoms with Gasteiger partial charge in [0, 0.05) is 6.54 Å². The molecule has 21 heavy (non-hydrogen) atoms. The van der Waals surface area contributed by atoms with Gasteiger partial charge in [0.1, 0.15) is 6.04 Å². The Kier molecular flexibility index (Phi) is 4.67. The van der Waals surface area contributed by atoms with E-state index in [4.69, 9.17) is 9.47 Å². The molecule has 0 aromatic heterocycles. The van der Waals surface area contributed by atoms with E-state index in [9.17, 15) is 9.59 Å². The summed E-state index contributed by atoms with van der Waals surface area (Å²) < 4.78 is 10.4. The summed E-state index contributed by atoms with van der Waals surface area (Å²) in [4.78, 5) is 25.0. The van der Waals surface area contributed by atoms with Crippen LogP contribution in [0.3, 0.4) is 0 Å². The Morgan fingerprint density at radius 1 is 1.24 bits per heavy atom. The van der Waals surface area contributed by atoms with Gasteiger partial charge in [-0.15, -0.1) is 0 Å². The highest BCUT2D eigenvalue weighted by Crippen LogP contribution is 2.27. The van der Waals surface area contributed by atoms with Crippen molar-refractivity contribution in [2.45, 2.75) is 19.4 Å². The predicted octanol–water partition coefficient (Wildman–Crippen LogP) is 0.593. The van der Waals surface area contributed by atoms with Gasteiger partial charge in [-0.3, -0.25) is 9.59 Å². The van der Waals surface area contributed by atoms with E-state index in [1.54, 1.807) is 26.0 Å². The van der Waals surface area contributed by atoms with E-state index in [2.05, 4.69) is 5.32 Å². The predicted molar refractivity (Wildman–Crippen MR) is 77.4 cm³/mol. The molecule has 114 valence electrons. The lowest BCUT2D eigenvalue weighted by Crippen LogP contribution is -2.57. The van der Waals surface area contributed by atoms with Gasteiger partial charge in [-0.05, 0) is 31.0 Å². The summed E-state index contributed by atoms with van der Waals surface area (Å²) in [7, 11) is 3.17. The number of hydrogen-bond donors (Lipinski definition) is 1. The molecule has 1 atom stereocenters. The van der Waals surface area contributed by atoms with Crippen molar-refractivity contribution in [1.82, 2.24) is 10.2 Å². The van der Waals surface area contributed by atoms with E-state index in [1.807, 2.05) is 18.2 Å². The molecule has 2 amide bonds. The van der Waals surface area contributed by atoms with Crippen molar-refractivity contribution in [3.8, 4) is 11.5 Å². The minimum atomic E-state index is -0.448. The van der Waals surface area contributed by atoms with Gasteiger partial charge in [0.2, 0.25) is 11.8 Å². The van der Waals surface area contributed by atoms with Crippen LogP contribution in [-0.2, 0) is 16.0 Å². The van der Waals surface area contributed by atoms with Crippen LogP contribution in [0.1, 0.15) is 12.5 Å². The van der Waals surface area contributed by atoms with Crippen LogP contribution >= 0.6 is 0 Å². The van der Waals surface area contributed by atoms with Crippen molar-refractivity contribution < 1.29 is 19.1 Å². The third-order valence-corrected chi connectivity index (χ3v) is 3.51. The first kappa shape index (κ1) is 15.2. The third-order valence-electron chi connectivity index (χ3n) is 3.51. The number of carbonyl (C=O) groups is 2. The summed E-state index contributed by atoms with van der Waals surface area (Å²) >= 11 is 0. The number of piperazine rings is 1. The van der Waals surface area contributed by atoms with Gasteiger partial charge < -0.3 is 19.7 Å². The van der Waals surface area contributed by atoms with Crippen LogP contribution < -0.4 is 14.8 Å². The molecule has 1 aliphatic rings. The topological polar surface area (TPSA) is 67.9 Å². The number of hydrogen-bond acceptors (Lipinski definition) is 4. The van der Waals surface area contributed by atoms with E-state index in [-0.39, 0.29) is 18.4 Å². The van der Waals surface area contributed by atoms with Crippen LogP contribution in [0.25, 0.3) is 0 Å². The Balaban J connectivity index is 2.02. The first-order valence-electron chi connectivity index (χ1n) is 6.84. The second kappa shape index (κ2) is 6.47. The Morgan fingerprint density at radius 2 is 1.95 bits per heavy atom. The zero-order chi connectivity index (χ0) is 15.4.